The molecule has 2 aliphatic heterocycles. The first-order valence-electron chi connectivity index (χ1n) is 10.3. The van der Waals surface area contributed by atoms with Crippen molar-refractivity contribution in [2.75, 3.05) is 11.4 Å². The molecule has 2 unspecified atom stereocenters. The van der Waals surface area contributed by atoms with Crippen molar-refractivity contribution in [3.05, 3.63) is 59.0 Å². The predicted molar refractivity (Wildman–Crippen MR) is 128 cm³/mol. The van der Waals surface area contributed by atoms with Crippen LogP contribution in [0.5, 0.6) is 0 Å². The Kier molecular flexibility index (Phi) is 5.48. The van der Waals surface area contributed by atoms with E-state index in [2.05, 4.69) is 22.2 Å². The number of hydrogen-bond donors (Lipinski definition) is 0. The van der Waals surface area contributed by atoms with E-state index in [1.807, 2.05) is 6.08 Å². The van der Waals surface area contributed by atoms with Gasteiger partial charge in [0.15, 0.2) is 0 Å². The summed E-state index contributed by atoms with van der Waals surface area (Å²) in [6, 6.07) is 8.03. The quantitative estimate of drug-likeness (QED) is 0.548. The minimum atomic E-state index is -0.642. The summed E-state index contributed by atoms with van der Waals surface area (Å²) in [7, 11) is 1.73. The van der Waals surface area contributed by atoms with Crippen LogP contribution in [-0.4, -0.2) is 49.4 Å². The van der Waals surface area contributed by atoms with Gasteiger partial charge in [-0.15, -0.1) is 11.8 Å². The number of thioether (sulfide) groups is 1. The monoisotopic (exact) mass is 489 g/mol. The number of nitrogens with zero attached hydrogens (tertiary/aromatic N) is 7. The van der Waals surface area contributed by atoms with Gasteiger partial charge in [0.2, 0.25) is 0 Å². The summed E-state index contributed by atoms with van der Waals surface area (Å²) in [6.45, 7) is 0.158. The van der Waals surface area contributed by atoms with Crippen LogP contribution in [0.2, 0.25) is 5.02 Å². The minimum Gasteiger partial charge on any atom is -0.315 e. The summed E-state index contributed by atoms with van der Waals surface area (Å²) in [4.78, 5) is 34.9. The van der Waals surface area contributed by atoms with Crippen LogP contribution in [0.3, 0.4) is 0 Å². The van der Waals surface area contributed by atoms with E-state index in [1.165, 1.54) is 22.9 Å². The van der Waals surface area contributed by atoms with Crippen LogP contribution in [0.25, 0.3) is 15.8 Å². The van der Waals surface area contributed by atoms with E-state index in [-0.39, 0.29) is 18.9 Å². The van der Waals surface area contributed by atoms with Crippen LogP contribution in [0.15, 0.2) is 42.9 Å². The van der Waals surface area contributed by atoms with Crippen molar-refractivity contribution in [3.8, 4) is 12.1 Å². The molecule has 0 aliphatic carbocycles. The molecule has 0 spiro atoms. The fourth-order valence-corrected chi connectivity index (χ4v) is 5.90. The fourth-order valence-electron chi connectivity index (χ4n) is 4.27. The number of anilines is 1. The average molecular weight is 490 g/mol. The number of urea groups is 1. The molecule has 0 N–H and O–H groups in total. The lowest BCUT2D eigenvalue weighted by Crippen LogP contribution is -2.62. The Morgan fingerprint density at radius 3 is 2.79 bits per heavy atom. The van der Waals surface area contributed by atoms with Gasteiger partial charge in [0.25, 0.3) is 5.91 Å². The summed E-state index contributed by atoms with van der Waals surface area (Å²) >= 11 is 7.70. The summed E-state index contributed by atoms with van der Waals surface area (Å²) in [6.07, 6.45) is 6.66. The molecule has 34 heavy (non-hydrogen) atoms. The van der Waals surface area contributed by atoms with Gasteiger partial charge < -0.3 is 4.90 Å². The van der Waals surface area contributed by atoms with Crippen molar-refractivity contribution in [3.63, 3.8) is 0 Å². The molecule has 1 saturated heterocycles. The fraction of sp³-hybridized carbons (Fsp3) is 0.217. The van der Waals surface area contributed by atoms with Crippen LogP contribution < -0.4 is 4.90 Å². The standard InChI is InChI=1S/C23H16ClN7O2S/c1-29-20-14(11-28-29)10-27-12-18(20)31-22(32)21-17(30(23(31)33)6-2-5-25)8-19(34-21)15-7-13(9-26)3-4-16(15)24/h3-4,7-8,10-12,17,21H,2,6H2,1H3. The van der Waals surface area contributed by atoms with Crippen molar-refractivity contribution < 1.29 is 9.59 Å². The number of hydrogen-bond acceptors (Lipinski definition) is 7. The molecule has 4 heterocycles. The second-order valence-electron chi connectivity index (χ2n) is 7.79. The van der Waals surface area contributed by atoms with Gasteiger partial charge in [-0.2, -0.15) is 15.6 Å². The van der Waals surface area contributed by atoms with Gasteiger partial charge in [-0.3, -0.25) is 14.5 Å². The second-order valence-corrected chi connectivity index (χ2v) is 9.38. The molecular formula is C23H16ClN7O2S. The smallest absolute Gasteiger partial charge is 0.315 e. The number of imide groups is 1. The number of benzene rings is 1. The summed E-state index contributed by atoms with van der Waals surface area (Å²) in [5.41, 5.74) is 2.01. The van der Waals surface area contributed by atoms with Crippen molar-refractivity contribution in [1.82, 2.24) is 19.7 Å². The number of pyridine rings is 1. The molecule has 0 bridgehead atoms. The topological polar surface area (TPSA) is 119 Å². The highest BCUT2D eigenvalue weighted by Gasteiger charge is 2.50. The molecule has 5 rings (SSSR count). The summed E-state index contributed by atoms with van der Waals surface area (Å²) in [5, 5.41) is 23.2. The van der Waals surface area contributed by atoms with Crippen LogP contribution in [0.4, 0.5) is 10.5 Å². The van der Waals surface area contributed by atoms with Crippen LogP contribution in [0, 0.1) is 22.7 Å². The van der Waals surface area contributed by atoms with Gasteiger partial charge in [-0.1, -0.05) is 11.6 Å². The highest BCUT2D eigenvalue weighted by Crippen LogP contribution is 2.47. The van der Waals surface area contributed by atoms with Crippen molar-refractivity contribution >= 4 is 56.8 Å². The molecule has 9 nitrogen and oxygen atoms in total. The maximum atomic E-state index is 13.7. The van der Waals surface area contributed by atoms with E-state index in [4.69, 9.17) is 11.6 Å². The molecule has 2 aliphatic rings. The zero-order chi connectivity index (χ0) is 24.0. The zero-order valence-corrected chi connectivity index (χ0v) is 19.4. The number of aryl methyl sites for hydroxylation is 1. The SMILES string of the molecule is Cn1ncc2cncc(N3C(=O)C4SC(c5cc(C#N)ccc5Cl)=CC4N(CCC#N)C3=O)c21. The number of carbonyl (C=O) groups excluding carboxylic acids is 2. The molecule has 168 valence electrons. The maximum Gasteiger partial charge on any atom is 0.332 e. The Morgan fingerprint density at radius 2 is 2.03 bits per heavy atom. The third-order valence-electron chi connectivity index (χ3n) is 5.83. The molecule has 3 amide bonds. The summed E-state index contributed by atoms with van der Waals surface area (Å²) in [5.74, 6) is -0.387. The molecule has 0 radical (unpaired) electrons. The predicted octanol–water partition coefficient (Wildman–Crippen LogP) is 3.70. The van der Waals surface area contributed by atoms with E-state index in [9.17, 15) is 20.1 Å². The van der Waals surface area contributed by atoms with Crippen molar-refractivity contribution in [2.45, 2.75) is 17.7 Å². The third-order valence-corrected chi connectivity index (χ3v) is 7.51. The molecule has 2 aromatic heterocycles. The van der Waals surface area contributed by atoms with Gasteiger partial charge >= 0.3 is 6.03 Å². The highest BCUT2D eigenvalue weighted by molar-refractivity contribution is 8.09. The Hall–Kier alpha value is -3.86. The molecule has 3 aromatic rings. The number of fused-ring (bicyclic) bond motifs is 2. The number of carbonyl (C=O) groups is 2. The lowest BCUT2D eigenvalue weighted by atomic mass is 10.0. The van der Waals surface area contributed by atoms with Gasteiger partial charge in [0.05, 0.1) is 53.8 Å². The summed E-state index contributed by atoms with van der Waals surface area (Å²) < 4.78 is 1.59. The van der Waals surface area contributed by atoms with E-state index < -0.39 is 17.3 Å². The van der Waals surface area contributed by atoms with Crippen LogP contribution in [-0.2, 0) is 11.8 Å². The molecule has 1 aromatic carbocycles. The molecule has 11 heteroatoms. The lowest BCUT2D eigenvalue weighted by molar-refractivity contribution is -0.119. The van der Waals surface area contributed by atoms with Crippen molar-refractivity contribution in [1.29, 1.82) is 10.5 Å². The number of halogens is 1. The Labute approximate surface area is 203 Å². The van der Waals surface area contributed by atoms with E-state index >= 15 is 0 Å². The Balaban J connectivity index is 1.60. The first-order valence-corrected chi connectivity index (χ1v) is 11.6. The van der Waals surface area contributed by atoms with Crippen molar-refractivity contribution in [2.24, 2.45) is 7.05 Å². The van der Waals surface area contributed by atoms with Crippen LogP contribution >= 0.6 is 23.4 Å². The lowest BCUT2D eigenvalue weighted by Gasteiger charge is -2.40. The van der Waals surface area contributed by atoms with E-state index in [1.54, 1.807) is 42.3 Å². The maximum absolute atomic E-state index is 13.7. The Bertz CT molecular complexity index is 1470. The highest BCUT2D eigenvalue weighted by atomic mass is 35.5. The first-order chi connectivity index (χ1) is 16.4. The van der Waals surface area contributed by atoms with E-state index in [0.717, 1.165) is 4.90 Å². The number of nitriles is 2. The van der Waals surface area contributed by atoms with Gasteiger partial charge in [-0.05, 0) is 24.3 Å². The third kappa shape index (κ3) is 3.39. The van der Waals surface area contributed by atoms with Crippen LogP contribution in [0.1, 0.15) is 17.5 Å². The number of rotatable bonds is 4. The number of amides is 3. The van der Waals surface area contributed by atoms with Gasteiger partial charge in [-0.25, -0.2) is 9.69 Å². The normalized spacial score (nSPS) is 19.7. The molecule has 0 saturated carbocycles. The average Bonchev–Trinajstić information content (AvgIpc) is 3.44. The Morgan fingerprint density at radius 1 is 1.21 bits per heavy atom. The number of aromatic nitrogens is 3. The van der Waals surface area contributed by atoms with Gasteiger partial charge in [0, 0.05) is 40.7 Å². The molecule has 1 fully saturated rings. The first kappa shape index (κ1) is 22.0. The largest absolute Gasteiger partial charge is 0.332 e. The zero-order valence-electron chi connectivity index (χ0n) is 17.8. The molecular weight excluding hydrogens is 474 g/mol. The second kappa shape index (κ2) is 8.49. The molecule has 2 atom stereocenters. The van der Waals surface area contributed by atoms with E-state index in [0.29, 0.717) is 37.6 Å². The minimum absolute atomic E-state index is 0.115. The van der Waals surface area contributed by atoms with Gasteiger partial charge in [0.1, 0.15) is 5.25 Å².